The number of carbonyl (C=O) groups excluding carboxylic acids is 2. The van der Waals surface area contributed by atoms with Crippen LogP contribution in [0.1, 0.15) is 97.3 Å². The Morgan fingerprint density at radius 3 is 1.74 bits per heavy atom. The predicted molar refractivity (Wildman–Crippen MR) is 217 cm³/mol. The molecule has 4 aromatic carbocycles. The van der Waals surface area contributed by atoms with E-state index in [0.29, 0.717) is 23.9 Å². The standard InChI is InChI=1S/2C23H27N3O/c1-17(2)26-16-24-21-15-20(8-9-22(21)26)23(27)25-12-10-19(11-13-25)14-18-6-4-3-5-7-18;1-17(2)26-16-24-21-9-8-20(15-22(21)26)23(27)25-12-10-19(11-13-25)14-18-6-4-3-5-7-18/h2*3-9,15-17,19H,10-14H2,1-2H3/p+1. The number of amides is 2. The van der Waals surface area contributed by atoms with Gasteiger partial charge in [-0.15, -0.1) is 0 Å². The van der Waals surface area contributed by atoms with Crippen LogP contribution >= 0.6 is 0 Å². The van der Waals surface area contributed by atoms with Gasteiger partial charge in [-0.2, -0.15) is 0 Å². The van der Waals surface area contributed by atoms with Gasteiger partial charge in [0.2, 0.25) is 6.33 Å². The van der Waals surface area contributed by atoms with E-state index in [4.69, 9.17) is 0 Å². The summed E-state index contributed by atoms with van der Waals surface area (Å²) in [6, 6.07) is 34.0. The van der Waals surface area contributed by atoms with Gasteiger partial charge < -0.3 is 14.4 Å². The quantitative estimate of drug-likeness (QED) is 0.160. The first-order valence-corrected chi connectivity index (χ1v) is 19.9. The molecule has 0 atom stereocenters. The lowest BCUT2D eigenvalue weighted by Crippen LogP contribution is -2.39. The third kappa shape index (κ3) is 8.59. The average molecular weight is 724 g/mol. The molecule has 2 fully saturated rings. The van der Waals surface area contributed by atoms with Gasteiger partial charge in [-0.1, -0.05) is 60.7 Å². The topological polar surface area (TPSA) is 78.1 Å². The Balaban J connectivity index is 0.000000167. The van der Waals surface area contributed by atoms with Gasteiger partial charge in [0.15, 0.2) is 11.0 Å². The third-order valence-corrected chi connectivity index (χ3v) is 11.4. The number of aromatic amines is 1. The number of hydrogen-bond donors (Lipinski definition) is 1. The molecule has 0 unspecified atom stereocenters. The Bertz CT molecular complexity index is 2150. The maximum atomic E-state index is 13.0. The van der Waals surface area contributed by atoms with Gasteiger partial charge in [-0.25, -0.2) is 14.5 Å². The molecule has 8 nitrogen and oxygen atoms in total. The summed E-state index contributed by atoms with van der Waals surface area (Å²) in [4.78, 5) is 37.7. The molecule has 4 heterocycles. The predicted octanol–water partition coefficient (Wildman–Crippen LogP) is 8.84. The van der Waals surface area contributed by atoms with Crippen LogP contribution in [0.15, 0.2) is 110 Å². The van der Waals surface area contributed by atoms with Crippen molar-refractivity contribution in [2.24, 2.45) is 11.8 Å². The fourth-order valence-corrected chi connectivity index (χ4v) is 8.15. The second kappa shape index (κ2) is 16.8. The normalized spacial score (nSPS) is 15.6. The van der Waals surface area contributed by atoms with Crippen molar-refractivity contribution in [2.45, 2.75) is 78.3 Å². The summed E-state index contributed by atoms with van der Waals surface area (Å²) in [7, 11) is 0. The molecule has 2 saturated heterocycles. The number of carbonyl (C=O) groups is 2. The number of aromatic nitrogens is 4. The number of rotatable bonds is 8. The smallest absolute Gasteiger partial charge is 0.254 e. The van der Waals surface area contributed by atoms with Gasteiger partial charge in [0.1, 0.15) is 0 Å². The van der Waals surface area contributed by atoms with E-state index in [0.717, 1.165) is 97.9 Å². The van der Waals surface area contributed by atoms with E-state index < -0.39 is 0 Å². The first-order chi connectivity index (χ1) is 26.2. The Morgan fingerprint density at radius 2 is 1.22 bits per heavy atom. The van der Waals surface area contributed by atoms with Gasteiger partial charge in [-0.05, 0) is 120 Å². The summed E-state index contributed by atoms with van der Waals surface area (Å²) in [5.41, 5.74) is 8.48. The maximum absolute atomic E-state index is 13.0. The molecule has 2 aliphatic heterocycles. The van der Waals surface area contributed by atoms with Gasteiger partial charge in [0, 0.05) is 49.4 Å². The minimum Gasteiger partial charge on any atom is -0.339 e. The van der Waals surface area contributed by atoms with E-state index >= 15 is 0 Å². The van der Waals surface area contributed by atoms with Crippen LogP contribution in [0.5, 0.6) is 0 Å². The Hall–Kier alpha value is -5.24. The first kappa shape index (κ1) is 37.1. The van der Waals surface area contributed by atoms with Crippen LogP contribution in [-0.4, -0.2) is 62.3 Å². The van der Waals surface area contributed by atoms with Crippen molar-refractivity contribution in [3.63, 3.8) is 0 Å². The first-order valence-electron chi connectivity index (χ1n) is 19.9. The zero-order valence-electron chi connectivity index (χ0n) is 32.3. The number of hydrogen-bond acceptors (Lipinski definition) is 3. The number of nitrogens with zero attached hydrogens (tertiary/aromatic N) is 5. The monoisotopic (exact) mass is 723 g/mol. The van der Waals surface area contributed by atoms with Crippen molar-refractivity contribution in [2.75, 3.05) is 26.2 Å². The Morgan fingerprint density at radius 1 is 0.704 bits per heavy atom. The molecule has 0 saturated carbocycles. The molecular weight excluding hydrogens is 669 g/mol. The lowest BCUT2D eigenvalue weighted by Gasteiger charge is -2.32. The average Bonchev–Trinajstić information content (AvgIpc) is 3.84. The van der Waals surface area contributed by atoms with Gasteiger partial charge in [0.05, 0.1) is 23.4 Å². The molecule has 8 heteroatoms. The molecule has 0 aliphatic carbocycles. The van der Waals surface area contributed by atoms with Crippen molar-refractivity contribution in [3.05, 3.63) is 132 Å². The van der Waals surface area contributed by atoms with E-state index in [1.807, 2.05) is 58.9 Å². The molecule has 0 bridgehead atoms. The van der Waals surface area contributed by atoms with Crippen molar-refractivity contribution >= 4 is 33.9 Å². The molecule has 2 aliphatic rings. The molecule has 54 heavy (non-hydrogen) atoms. The Kier molecular flexibility index (Phi) is 11.6. The van der Waals surface area contributed by atoms with Crippen LogP contribution in [0, 0.1) is 11.8 Å². The van der Waals surface area contributed by atoms with Crippen molar-refractivity contribution < 1.29 is 14.2 Å². The number of H-pyrrole nitrogens is 1. The second-order valence-electron chi connectivity index (χ2n) is 15.8. The number of benzene rings is 4. The number of piperidine rings is 2. The molecule has 2 aromatic heterocycles. The number of imidazole rings is 2. The fraction of sp³-hybridized carbons (Fsp3) is 0.391. The highest BCUT2D eigenvalue weighted by molar-refractivity contribution is 5.98. The molecule has 6 aromatic rings. The summed E-state index contributed by atoms with van der Waals surface area (Å²) in [6.07, 6.45) is 10.4. The highest BCUT2D eigenvalue weighted by Gasteiger charge is 2.26. The lowest BCUT2D eigenvalue weighted by molar-refractivity contribution is -0.691. The minimum absolute atomic E-state index is 0.133. The second-order valence-corrected chi connectivity index (χ2v) is 15.8. The third-order valence-electron chi connectivity index (χ3n) is 11.4. The Labute approximate surface area is 319 Å². The molecule has 0 spiro atoms. The number of likely N-dealkylation sites (tertiary alicyclic amines) is 2. The molecule has 1 N–H and O–H groups in total. The summed E-state index contributed by atoms with van der Waals surface area (Å²) in [5, 5.41) is 0. The number of fused-ring (bicyclic) bond motifs is 2. The van der Waals surface area contributed by atoms with E-state index in [-0.39, 0.29) is 11.8 Å². The van der Waals surface area contributed by atoms with E-state index in [1.165, 1.54) is 11.1 Å². The summed E-state index contributed by atoms with van der Waals surface area (Å²) in [6.45, 7) is 12.0. The van der Waals surface area contributed by atoms with Crippen LogP contribution in [0.2, 0.25) is 0 Å². The van der Waals surface area contributed by atoms with Crippen LogP contribution in [0.4, 0.5) is 0 Å². The molecule has 0 radical (unpaired) electrons. The maximum Gasteiger partial charge on any atom is 0.254 e. The van der Waals surface area contributed by atoms with Crippen molar-refractivity contribution in [1.29, 1.82) is 0 Å². The van der Waals surface area contributed by atoms with Crippen molar-refractivity contribution in [1.82, 2.24) is 24.3 Å². The van der Waals surface area contributed by atoms with Gasteiger partial charge >= 0.3 is 0 Å². The van der Waals surface area contributed by atoms with Crippen LogP contribution in [0.3, 0.4) is 0 Å². The van der Waals surface area contributed by atoms with Crippen LogP contribution in [0.25, 0.3) is 22.1 Å². The zero-order chi connectivity index (χ0) is 37.6. The minimum atomic E-state index is 0.133. The van der Waals surface area contributed by atoms with Gasteiger partial charge in [-0.3, -0.25) is 9.59 Å². The van der Waals surface area contributed by atoms with Crippen LogP contribution < -0.4 is 4.57 Å². The van der Waals surface area contributed by atoms with Crippen LogP contribution in [-0.2, 0) is 12.8 Å². The van der Waals surface area contributed by atoms with Gasteiger partial charge in [0.25, 0.3) is 11.8 Å². The SMILES string of the molecule is CC(C)[n+]1c[nH]c2ccc(C(=O)N3CCC(Cc4ccccc4)CC3)cc21.CC(C)n1cnc2cc(C(=O)N3CCC(Cc4ccccc4)CC3)ccc21. The van der Waals surface area contributed by atoms with E-state index in [1.54, 1.807) is 0 Å². The summed E-state index contributed by atoms with van der Waals surface area (Å²) < 4.78 is 4.32. The fourth-order valence-electron chi connectivity index (χ4n) is 8.15. The molecule has 2 amide bonds. The summed E-state index contributed by atoms with van der Waals surface area (Å²) >= 11 is 0. The number of nitrogens with one attached hydrogen (secondary N) is 1. The largest absolute Gasteiger partial charge is 0.339 e. The highest BCUT2D eigenvalue weighted by atomic mass is 16.2. The van der Waals surface area contributed by atoms with E-state index in [9.17, 15) is 9.59 Å². The van der Waals surface area contributed by atoms with Crippen molar-refractivity contribution in [3.8, 4) is 0 Å². The van der Waals surface area contributed by atoms with E-state index in [2.05, 4.69) is 107 Å². The molecule has 280 valence electrons. The zero-order valence-corrected chi connectivity index (χ0v) is 32.3. The molecule has 8 rings (SSSR count). The lowest BCUT2D eigenvalue weighted by atomic mass is 9.90. The highest BCUT2D eigenvalue weighted by Crippen LogP contribution is 2.26. The molecular formula is C46H55N6O2+. The summed E-state index contributed by atoms with van der Waals surface area (Å²) in [5.74, 6) is 1.63.